The molecule has 4 heterocycles. The van der Waals surface area contributed by atoms with Gasteiger partial charge in [-0.15, -0.1) is 0 Å². The second-order valence-electron chi connectivity index (χ2n) is 5.08. The summed E-state index contributed by atoms with van der Waals surface area (Å²) in [4.78, 5) is 29.8. The third-order valence-corrected chi connectivity index (χ3v) is 3.71. The van der Waals surface area contributed by atoms with Crippen molar-refractivity contribution in [2.45, 2.75) is 19.9 Å². The predicted molar refractivity (Wildman–Crippen MR) is 76.0 cm³/mol. The van der Waals surface area contributed by atoms with Crippen molar-refractivity contribution in [1.82, 2.24) is 30.1 Å². The van der Waals surface area contributed by atoms with Crippen LogP contribution in [0.4, 0.5) is 5.82 Å². The average Bonchev–Trinajstić information content (AvgIpc) is 2.95. The Hall–Kier alpha value is -2.77. The molecule has 0 atom stereocenters. The number of nitrogens with zero attached hydrogens (tertiary/aromatic N) is 5. The molecule has 0 fully saturated rings. The summed E-state index contributed by atoms with van der Waals surface area (Å²) in [5.74, 6) is 1.45. The van der Waals surface area contributed by atoms with Crippen molar-refractivity contribution in [1.29, 1.82) is 0 Å². The Labute approximate surface area is 119 Å². The predicted octanol–water partition coefficient (Wildman–Crippen LogP) is 0.307. The van der Waals surface area contributed by atoms with Gasteiger partial charge in [0.05, 0.1) is 29.4 Å². The molecule has 8 heteroatoms. The van der Waals surface area contributed by atoms with Crippen LogP contribution in [0, 0.1) is 6.92 Å². The van der Waals surface area contributed by atoms with E-state index in [-0.39, 0.29) is 5.56 Å². The number of hydrogen-bond donors (Lipinski definition) is 2. The molecular formula is C13H13N7O. The zero-order valence-electron chi connectivity index (χ0n) is 11.4. The average molecular weight is 283 g/mol. The highest BCUT2D eigenvalue weighted by atomic mass is 16.1. The third-order valence-electron chi connectivity index (χ3n) is 3.71. The second kappa shape index (κ2) is 4.37. The molecule has 0 saturated carbocycles. The van der Waals surface area contributed by atoms with Gasteiger partial charge in [0.2, 0.25) is 0 Å². The molecule has 0 unspecified atom stereocenters. The van der Waals surface area contributed by atoms with Gasteiger partial charge in [-0.05, 0) is 6.92 Å². The Morgan fingerprint density at radius 1 is 1.33 bits per heavy atom. The molecule has 8 nitrogen and oxygen atoms in total. The van der Waals surface area contributed by atoms with Crippen molar-refractivity contribution in [3.63, 3.8) is 0 Å². The van der Waals surface area contributed by atoms with E-state index in [0.29, 0.717) is 23.6 Å². The van der Waals surface area contributed by atoms with Crippen LogP contribution in [0.15, 0.2) is 17.3 Å². The lowest BCUT2D eigenvalue weighted by Gasteiger charge is -2.28. The Balaban J connectivity index is 1.79. The molecular weight excluding hydrogens is 270 g/mol. The maximum absolute atomic E-state index is 12.1. The van der Waals surface area contributed by atoms with Crippen LogP contribution in [-0.2, 0) is 13.0 Å². The fourth-order valence-electron chi connectivity index (χ4n) is 2.73. The fraction of sp³-hybridized carbons (Fsp3) is 0.308. The first-order chi connectivity index (χ1) is 10.2. The summed E-state index contributed by atoms with van der Waals surface area (Å²) in [6.07, 6.45) is 3.93. The van der Waals surface area contributed by atoms with E-state index in [9.17, 15) is 4.79 Å². The highest BCUT2D eigenvalue weighted by Crippen LogP contribution is 2.25. The van der Waals surface area contributed by atoms with Crippen LogP contribution >= 0.6 is 0 Å². The molecule has 0 aliphatic carbocycles. The van der Waals surface area contributed by atoms with Crippen LogP contribution in [0.25, 0.3) is 11.0 Å². The lowest BCUT2D eigenvalue weighted by molar-refractivity contribution is 0.685. The molecule has 0 saturated heterocycles. The molecule has 0 spiro atoms. The Morgan fingerprint density at radius 3 is 3.14 bits per heavy atom. The zero-order valence-corrected chi connectivity index (χ0v) is 11.4. The first-order valence-corrected chi connectivity index (χ1v) is 6.70. The number of aryl methyl sites for hydroxylation is 1. The number of H-pyrrole nitrogens is 2. The minimum absolute atomic E-state index is 0.0697. The Morgan fingerprint density at radius 2 is 2.24 bits per heavy atom. The molecule has 3 aromatic rings. The molecule has 1 aliphatic heterocycles. The van der Waals surface area contributed by atoms with Gasteiger partial charge in [0.25, 0.3) is 5.56 Å². The van der Waals surface area contributed by atoms with E-state index in [4.69, 9.17) is 0 Å². The third kappa shape index (κ3) is 1.87. The van der Waals surface area contributed by atoms with E-state index in [1.54, 1.807) is 13.1 Å². The van der Waals surface area contributed by atoms with Crippen LogP contribution in [0.5, 0.6) is 0 Å². The largest absolute Gasteiger partial charge is 0.351 e. The minimum Gasteiger partial charge on any atom is -0.351 e. The smallest absolute Gasteiger partial charge is 0.256 e. The SMILES string of the molecule is Cc1nc2c(c(=O)[nH]1)CN(c1ncnc3[nH]ncc13)CC2. The van der Waals surface area contributed by atoms with Crippen molar-refractivity contribution in [2.24, 2.45) is 0 Å². The maximum atomic E-state index is 12.1. The molecule has 0 aromatic carbocycles. The van der Waals surface area contributed by atoms with Crippen LogP contribution < -0.4 is 10.5 Å². The molecule has 1 aliphatic rings. The molecule has 21 heavy (non-hydrogen) atoms. The fourth-order valence-corrected chi connectivity index (χ4v) is 2.73. The van der Waals surface area contributed by atoms with Gasteiger partial charge in [-0.3, -0.25) is 9.89 Å². The number of fused-ring (bicyclic) bond motifs is 2. The number of rotatable bonds is 1. The number of aromatic nitrogens is 6. The number of hydrogen-bond acceptors (Lipinski definition) is 6. The first-order valence-electron chi connectivity index (χ1n) is 6.70. The highest BCUT2D eigenvalue weighted by Gasteiger charge is 2.23. The summed E-state index contributed by atoms with van der Waals surface area (Å²) >= 11 is 0. The van der Waals surface area contributed by atoms with Crippen molar-refractivity contribution < 1.29 is 0 Å². The van der Waals surface area contributed by atoms with E-state index >= 15 is 0 Å². The van der Waals surface area contributed by atoms with E-state index in [1.165, 1.54) is 6.33 Å². The first kappa shape index (κ1) is 12.0. The summed E-state index contributed by atoms with van der Waals surface area (Å²) in [7, 11) is 0. The van der Waals surface area contributed by atoms with E-state index < -0.39 is 0 Å². The highest BCUT2D eigenvalue weighted by molar-refractivity contribution is 5.86. The van der Waals surface area contributed by atoms with Crippen molar-refractivity contribution in [3.8, 4) is 0 Å². The van der Waals surface area contributed by atoms with Gasteiger partial charge in [0.1, 0.15) is 18.0 Å². The maximum Gasteiger partial charge on any atom is 0.256 e. The summed E-state index contributed by atoms with van der Waals surface area (Å²) in [5.41, 5.74) is 2.22. The molecule has 0 radical (unpaired) electrons. The van der Waals surface area contributed by atoms with Gasteiger partial charge in [-0.25, -0.2) is 15.0 Å². The van der Waals surface area contributed by atoms with Crippen molar-refractivity contribution >= 4 is 16.9 Å². The molecule has 0 amide bonds. The molecule has 3 aromatic heterocycles. The van der Waals surface area contributed by atoms with Crippen LogP contribution in [0.2, 0.25) is 0 Å². The lowest BCUT2D eigenvalue weighted by atomic mass is 10.1. The summed E-state index contributed by atoms with van der Waals surface area (Å²) < 4.78 is 0. The van der Waals surface area contributed by atoms with E-state index in [0.717, 1.165) is 29.9 Å². The summed E-state index contributed by atoms with van der Waals surface area (Å²) in [6.45, 7) is 3.06. The van der Waals surface area contributed by atoms with Crippen molar-refractivity contribution in [2.75, 3.05) is 11.4 Å². The van der Waals surface area contributed by atoms with Gasteiger partial charge < -0.3 is 9.88 Å². The van der Waals surface area contributed by atoms with Gasteiger partial charge in [-0.1, -0.05) is 0 Å². The topological polar surface area (TPSA) is 103 Å². The van der Waals surface area contributed by atoms with Crippen LogP contribution in [-0.4, -0.2) is 36.7 Å². The minimum atomic E-state index is -0.0697. The van der Waals surface area contributed by atoms with Crippen molar-refractivity contribution in [3.05, 3.63) is 40.0 Å². The van der Waals surface area contributed by atoms with Gasteiger partial charge in [0.15, 0.2) is 5.65 Å². The number of aromatic amines is 2. The zero-order chi connectivity index (χ0) is 14.4. The van der Waals surface area contributed by atoms with Crippen LogP contribution in [0.1, 0.15) is 17.1 Å². The number of anilines is 1. The van der Waals surface area contributed by atoms with Gasteiger partial charge in [-0.2, -0.15) is 5.10 Å². The monoisotopic (exact) mass is 283 g/mol. The van der Waals surface area contributed by atoms with Crippen LogP contribution in [0.3, 0.4) is 0 Å². The molecule has 106 valence electrons. The molecule has 0 bridgehead atoms. The van der Waals surface area contributed by atoms with Gasteiger partial charge in [0, 0.05) is 13.0 Å². The lowest BCUT2D eigenvalue weighted by Crippen LogP contribution is -2.36. The Bertz CT molecular complexity index is 882. The second-order valence-corrected chi connectivity index (χ2v) is 5.08. The standard InChI is InChI=1S/C13H13N7O/c1-7-17-10-2-3-20(5-9(10)13(21)18-7)12-8-4-16-19-11(8)14-6-15-12/h4,6H,2-3,5H2,1H3,(H,17,18,21)(H,14,15,16,19). The van der Waals surface area contributed by atoms with E-state index in [1.807, 2.05) is 0 Å². The normalized spacial score (nSPS) is 14.4. The quantitative estimate of drug-likeness (QED) is 0.666. The summed E-state index contributed by atoms with van der Waals surface area (Å²) in [6, 6.07) is 0. The molecule has 2 N–H and O–H groups in total. The Kier molecular flexibility index (Phi) is 2.50. The van der Waals surface area contributed by atoms with E-state index in [2.05, 4.69) is 35.0 Å². The summed E-state index contributed by atoms with van der Waals surface area (Å²) in [5, 5.41) is 7.68. The molecule has 4 rings (SSSR count). The van der Waals surface area contributed by atoms with Gasteiger partial charge >= 0.3 is 0 Å². The number of nitrogens with one attached hydrogen (secondary N) is 2.